The first-order chi connectivity index (χ1) is 17.1. The van der Waals surface area contributed by atoms with Gasteiger partial charge in [0.2, 0.25) is 0 Å². The zero-order valence-electron chi connectivity index (χ0n) is 19.1. The van der Waals surface area contributed by atoms with Crippen LogP contribution in [0.3, 0.4) is 0 Å². The van der Waals surface area contributed by atoms with Gasteiger partial charge in [-0.05, 0) is 13.0 Å². The number of hydrogen-bond acceptors (Lipinski definition) is 10. The van der Waals surface area contributed by atoms with E-state index >= 15 is 0 Å². The number of carbonyl (C=O) groups is 2. The summed E-state index contributed by atoms with van der Waals surface area (Å²) in [6.45, 7) is 2.02. The van der Waals surface area contributed by atoms with Crippen molar-refractivity contribution in [3.05, 3.63) is 62.2 Å². The van der Waals surface area contributed by atoms with E-state index < -0.39 is 40.5 Å². The fourth-order valence-corrected chi connectivity index (χ4v) is 4.82. The quantitative estimate of drug-likeness (QED) is 0.418. The second kappa shape index (κ2) is 10.5. The van der Waals surface area contributed by atoms with Crippen LogP contribution in [0.4, 0.5) is 13.6 Å². The van der Waals surface area contributed by atoms with Crippen LogP contribution in [0.15, 0.2) is 40.0 Å². The van der Waals surface area contributed by atoms with Crippen LogP contribution < -0.4 is 5.32 Å². The maximum Gasteiger partial charge on any atom is 0.507 e. The van der Waals surface area contributed by atoms with Crippen molar-refractivity contribution in [2.24, 2.45) is 4.99 Å². The lowest BCUT2D eigenvalue weighted by molar-refractivity contribution is -0.183. The number of thiazole rings is 1. The molecule has 1 saturated heterocycles. The van der Waals surface area contributed by atoms with E-state index in [-0.39, 0.29) is 49.0 Å². The summed E-state index contributed by atoms with van der Waals surface area (Å²) in [4.78, 5) is 34.8. The largest absolute Gasteiger partial charge is 0.507 e. The van der Waals surface area contributed by atoms with Crippen molar-refractivity contribution in [1.29, 1.82) is 0 Å². The molecule has 1 aromatic carbocycles. The molecule has 14 heteroatoms. The molecule has 1 fully saturated rings. The van der Waals surface area contributed by atoms with Gasteiger partial charge in [-0.15, -0.1) is 11.3 Å². The van der Waals surface area contributed by atoms with Gasteiger partial charge in [0.25, 0.3) is 0 Å². The Morgan fingerprint density at radius 1 is 1.42 bits per heavy atom. The Hall–Kier alpha value is -3.13. The van der Waals surface area contributed by atoms with E-state index in [1.54, 1.807) is 23.4 Å². The number of methoxy groups -OCH3 is 1. The Balaban J connectivity index is 1.85. The molecule has 3 heterocycles. The lowest BCUT2D eigenvalue weighted by Gasteiger charge is -2.43. The van der Waals surface area contributed by atoms with Crippen LogP contribution in [0.25, 0.3) is 0 Å². The molecule has 36 heavy (non-hydrogen) atoms. The molecule has 10 nitrogen and oxygen atoms in total. The minimum Gasteiger partial charge on any atom is -0.466 e. The number of carboxylic acid groups (broad SMARTS) is 1. The number of nitrogens with zero attached hydrogens (tertiary/aromatic N) is 3. The van der Waals surface area contributed by atoms with Gasteiger partial charge in [0.15, 0.2) is 28.2 Å². The molecule has 2 aliphatic rings. The van der Waals surface area contributed by atoms with Crippen molar-refractivity contribution in [3.63, 3.8) is 0 Å². The van der Waals surface area contributed by atoms with Gasteiger partial charge in [-0.3, -0.25) is 9.89 Å². The molecule has 0 aliphatic carbocycles. The highest BCUT2D eigenvalue weighted by Crippen LogP contribution is 2.38. The standard InChI is InChI=1S/C22H21ClF2N4O6S/c1-22(35-21(31)32)10-34-7-6-29(22)9-13-14(20(30)33-2)17(11-3-4-12(24)16(25)15(11)23)28-18(27-13)19-26-5-8-36-19/h3-5,8,17H,6-7,9-10H2,1-2H3,(H,27,28)(H,31,32)/t17-,22+/m0/s1. The van der Waals surface area contributed by atoms with Crippen LogP contribution in [0.5, 0.6) is 0 Å². The molecular weight excluding hydrogens is 522 g/mol. The van der Waals surface area contributed by atoms with E-state index in [4.69, 9.17) is 25.8 Å². The van der Waals surface area contributed by atoms with Crippen molar-refractivity contribution in [2.45, 2.75) is 18.7 Å². The van der Waals surface area contributed by atoms with Gasteiger partial charge in [0, 0.05) is 35.9 Å². The lowest BCUT2D eigenvalue weighted by Crippen LogP contribution is -2.58. The summed E-state index contributed by atoms with van der Waals surface area (Å²) in [5, 5.41) is 14.0. The van der Waals surface area contributed by atoms with Gasteiger partial charge in [-0.2, -0.15) is 0 Å². The average molecular weight is 543 g/mol. The van der Waals surface area contributed by atoms with Crippen LogP contribution in [-0.2, 0) is 19.0 Å². The highest BCUT2D eigenvalue weighted by atomic mass is 35.5. The molecule has 0 amide bonds. The molecule has 1 aromatic heterocycles. The summed E-state index contributed by atoms with van der Waals surface area (Å²) in [6, 6.07) is 0.959. The van der Waals surface area contributed by atoms with Gasteiger partial charge in [-0.1, -0.05) is 17.7 Å². The number of rotatable bonds is 6. The fraction of sp³-hybridized carbons (Fsp3) is 0.364. The summed E-state index contributed by atoms with van der Waals surface area (Å²) in [6.07, 6.45) is 0.0613. The Morgan fingerprint density at radius 3 is 2.86 bits per heavy atom. The van der Waals surface area contributed by atoms with Gasteiger partial charge in [0.1, 0.15) is 12.6 Å². The van der Waals surface area contributed by atoms with Crippen molar-refractivity contribution in [3.8, 4) is 0 Å². The van der Waals surface area contributed by atoms with E-state index in [0.717, 1.165) is 6.07 Å². The molecule has 0 radical (unpaired) electrons. The Kier molecular flexibility index (Phi) is 7.54. The zero-order chi connectivity index (χ0) is 26.0. The summed E-state index contributed by atoms with van der Waals surface area (Å²) in [7, 11) is 1.17. The topological polar surface area (TPSA) is 123 Å². The third-order valence-corrected chi connectivity index (χ3v) is 6.89. The van der Waals surface area contributed by atoms with E-state index in [2.05, 4.69) is 15.3 Å². The summed E-state index contributed by atoms with van der Waals surface area (Å²) in [5.74, 6) is -2.97. The second-order valence-electron chi connectivity index (χ2n) is 8.01. The summed E-state index contributed by atoms with van der Waals surface area (Å²) >= 11 is 7.42. The first-order valence-electron chi connectivity index (χ1n) is 10.6. The van der Waals surface area contributed by atoms with E-state index in [1.165, 1.54) is 24.5 Å². The molecule has 2 N–H and O–H groups in total. The molecule has 0 saturated carbocycles. The molecule has 0 spiro atoms. The molecule has 4 rings (SSSR count). The van der Waals surface area contributed by atoms with E-state index in [0.29, 0.717) is 5.01 Å². The maximum atomic E-state index is 14.4. The number of esters is 1. The predicted octanol–water partition coefficient (Wildman–Crippen LogP) is 3.34. The molecule has 192 valence electrons. The van der Waals surface area contributed by atoms with Crippen LogP contribution in [0, 0.1) is 11.6 Å². The molecule has 2 aliphatic heterocycles. The second-order valence-corrected chi connectivity index (χ2v) is 9.28. The fourth-order valence-electron chi connectivity index (χ4n) is 3.98. The number of carbonyl (C=O) groups excluding carboxylic acids is 1. The third-order valence-electron chi connectivity index (χ3n) is 5.73. The van der Waals surface area contributed by atoms with Crippen molar-refractivity contribution < 1.29 is 37.7 Å². The smallest absolute Gasteiger partial charge is 0.466 e. The monoisotopic (exact) mass is 542 g/mol. The van der Waals surface area contributed by atoms with Crippen molar-refractivity contribution in [1.82, 2.24) is 15.2 Å². The number of aromatic nitrogens is 1. The number of morpholine rings is 1. The zero-order valence-corrected chi connectivity index (χ0v) is 20.7. The number of benzene rings is 1. The lowest BCUT2D eigenvalue weighted by atomic mass is 9.94. The predicted molar refractivity (Wildman–Crippen MR) is 125 cm³/mol. The molecule has 0 bridgehead atoms. The van der Waals surface area contributed by atoms with E-state index in [9.17, 15) is 23.5 Å². The minimum absolute atomic E-state index is 0.0186. The first-order valence-corrected chi connectivity index (χ1v) is 11.8. The van der Waals surface area contributed by atoms with Crippen LogP contribution in [0.2, 0.25) is 5.02 Å². The maximum absolute atomic E-state index is 14.4. The Bertz CT molecular complexity index is 1240. The molecule has 2 atom stereocenters. The Morgan fingerprint density at radius 2 is 2.19 bits per heavy atom. The summed E-state index contributed by atoms with van der Waals surface area (Å²) < 4.78 is 43.8. The normalized spacial score (nSPS) is 22.6. The average Bonchev–Trinajstić information content (AvgIpc) is 3.38. The number of hydrogen-bond donors (Lipinski definition) is 2. The number of aliphatic imine (C=N–C) groups is 1. The Labute approximate surface area is 213 Å². The van der Waals surface area contributed by atoms with Gasteiger partial charge < -0.3 is 24.6 Å². The molecule has 2 aromatic rings. The minimum atomic E-state index is -1.50. The molecule has 0 unspecified atom stereocenters. The van der Waals surface area contributed by atoms with Crippen LogP contribution in [0.1, 0.15) is 23.5 Å². The number of amidine groups is 1. The van der Waals surface area contributed by atoms with Crippen molar-refractivity contribution in [2.75, 3.05) is 33.4 Å². The number of halogens is 3. The first kappa shape index (κ1) is 25.9. The SMILES string of the molecule is COC(=O)C1=C(CN2CCOC[C@@]2(C)OC(=O)O)NC(c2nccs2)=N[C@H]1c1ccc(F)c(F)c1Cl. The molecular formula is C22H21ClF2N4O6S. The third kappa shape index (κ3) is 5.05. The van der Waals surface area contributed by atoms with Crippen molar-refractivity contribution >= 4 is 40.9 Å². The van der Waals surface area contributed by atoms with Crippen LogP contribution in [-0.4, -0.2) is 72.1 Å². The number of nitrogens with one attached hydrogen (secondary N) is 1. The highest BCUT2D eigenvalue weighted by molar-refractivity contribution is 7.11. The van der Waals surface area contributed by atoms with Crippen LogP contribution >= 0.6 is 22.9 Å². The van der Waals surface area contributed by atoms with Gasteiger partial charge in [0.05, 0.1) is 24.3 Å². The van der Waals surface area contributed by atoms with Gasteiger partial charge in [-0.25, -0.2) is 23.4 Å². The highest BCUT2D eigenvalue weighted by Gasteiger charge is 2.42. The van der Waals surface area contributed by atoms with Gasteiger partial charge >= 0.3 is 12.1 Å². The number of ether oxygens (including phenoxy) is 3. The van der Waals surface area contributed by atoms with E-state index in [1.807, 2.05) is 0 Å². The summed E-state index contributed by atoms with van der Waals surface area (Å²) in [5.41, 5.74) is -1.08.